The van der Waals surface area contributed by atoms with Gasteiger partial charge < -0.3 is 10.2 Å². The first-order valence-corrected chi connectivity index (χ1v) is 7.27. The number of rotatable bonds is 2. The summed E-state index contributed by atoms with van der Waals surface area (Å²) in [4.78, 5) is 38.1. The summed E-state index contributed by atoms with van der Waals surface area (Å²) in [6.07, 6.45) is -0.667. The molecule has 1 aliphatic rings. The number of hydrogen-bond acceptors (Lipinski definition) is 3. The largest absolute Gasteiger partial charge is 0.331 e. The van der Waals surface area contributed by atoms with E-state index in [1.165, 1.54) is 19.0 Å². The number of hydrogen-bond donors (Lipinski definition) is 1. The molecule has 1 unspecified atom stereocenters. The highest BCUT2D eigenvalue weighted by molar-refractivity contribution is 9.10. The van der Waals surface area contributed by atoms with Crippen molar-refractivity contribution in [3.63, 3.8) is 0 Å². The molecule has 1 aliphatic heterocycles. The average Bonchev–Trinajstić information content (AvgIpc) is 2.45. The highest BCUT2D eigenvalue weighted by Gasteiger charge is 2.35. The maximum atomic E-state index is 12.2. The van der Waals surface area contributed by atoms with Gasteiger partial charge in [-0.25, -0.2) is 4.79 Å². The molecule has 1 heterocycles. The lowest BCUT2D eigenvalue weighted by Gasteiger charge is -2.36. The third-order valence-electron chi connectivity index (χ3n) is 3.27. The summed E-state index contributed by atoms with van der Waals surface area (Å²) < 4.78 is 0.709. The standard InChI is InChI=1S/C13H13BrClN3O3/c1-17-10(6-11(19)18(2)13(17)21)16-12(20)8-5-7(14)3-4-9(8)15/h3-5,10H,6H2,1-2H3,(H,16,20). The molecule has 0 radical (unpaired) electrons. The fourth-order valence-electron chi connectivity index (χ4n) is 1.96. The molecule has 8 heteroatoms. The van der Waals surface area contributed by atoms with Crippen LogP contribution in [0.15, 0.2) is 22.7 Å². The Morgan fingerprint density at radius 2 is 2.05 bits per heavy atom. The van der Waals surface area contributed by atoms with Crippen LogP contribution in [0.4, 0.5) is 4.79 Å². The zero-order valence-electron chi connectivity index (χ0n) is 11.4. The van der Waals surface area contributed by atoms with Crippen molar-refractivity contribution in [3.05, 3.63) is 33.3 Å². The lowest BCUT2D eigenvalue weighted by atomic mass is 10.2. The molecule has 112 valence electrons. The molecule has 1 atom stereocenters. The molecule has 1 aromatic rings. The van der Waals surface area contributed by atoms with Crippen molar-refractivity contribution in [2.75, 3.05) is 14.1 Å². The van der Waals surface area contributed by atoms with E-state index in [2.05, 4.69) is 21.2 Å². The number of nitrogens with one attached hydrogen (secondary N) is 1. The van der Waals surface area contributed by atoms with Gasteiger partial charge in [0, 0.05) is 18.6 Å². The molecule has 6 nitrogen and oxygen atoms in total. The van der Waals surface area contributed by atoms with Crippen molar-refractivity contribution in [3.8, 4) is 0 Å². The van der Waals surface area contributed by atoms with Gasteiger partial charge in [0.05, 0.1) is 17.0 Å². The van der Waals surface area contributed by atoms with Crippen molar-refractivity contribution in [2.24, 2.45) is 0 Å². The maximum Gasteiger partial charge on any atom is 0.327 e. The fraction of sp³-hybridized carbons (Fsp3) is 0.308. The van der Waals surface area contributed by atoms with Gasteiger partial charge in [0.1, 0.15) is 6.17 Å². The first-order chi connectivity index (χ1) is 9.81. The van der Waals surface area contributed by atoms with E-state index in [1.807, 2.05) is 0 Å². The van der Waals surface area contributed by atoms with Crippen LogP contribution >= 0.6 is 27.5 Å². The summed E-state index contributed by atoms with van der Waals surface area (Å²) >= 11 is 9.25. The van der Waals surface area contributed by atoms with E-state index >= 15 is 0 Å². The Hall–Kier alpha value is -1.60. The number of carbonyl (C=O) groups is 3. The SMILES string of the molecule is CN1C(=O)CC(NC(=O)c2cc(Br)ccc2Cl)N(C)C1=O. The lowest BCUT2D eigenvalue weighted by Crippen LogP contribution is -2.59. The Morgan fingerprint density at radius 3 is 2.71 bits per heavy atom. The molecule has 1 N–H and O–H groups in total. The Kier molecular flexibility index (Phi) is 4.53. The summed E-state index contributed by atoms with van der Waals surface area (Å²) in [5, 5.41) is 2.94. The van der Waals surface area contributed by atoms with Crippen molar-refractivity contribution in [2.45, 2.75) is 12.6 Å². The molecule has 1 saturated heterocycles. The maximum absolute atomic E-state index is 12.2. The quantitative estimate of drug-likeness (QED) is 0.861. The van der Waals surface area contributed by atoms with Crippen LogP contribution in [0.5, 0.6) is 0 Å². The average molecular weight is 375 g/mol. The molecular weight excluding hydrogens is 362 g/mol. The number of amides is 4. The van der Waals surface area contributed by atoms with Gasteiger partial charge in [0.2, 0.25) is 5.91 Å². The fourth-order valence-corrected chi connectivity index (χ4v) is 2.53. The van der Waals surface area contributed by atoms with Crippen molar-refractivity contribution in [1.82, 2.24) is 15.1 Å². The summed E-state index contributed by atoms with van der Waals surface area (Å²) in [5.74, 6) is -0.785. The van der Waals surface area contributed by atoms with E-state index in [1.54, 1.807) is 18.2 Å². The van der Waals surface area contributed by atoms with Crippen LogP contribution in [0, 0.1) is 0 Å². The second-order valence-corrected chi connectivity index (χ2v) is 5.99. The monoisotopic (exact) mass is 373 g/mol. The number of benzene rings is 1. The first kappa shape index (κ1) is 15.8. The van der Waals surface area contributed by atoms with Crippen LogP contribution in [0.2, 0.25) is 5.02 Å². The molecule has 0 aliphatic carbocycles. The molecule has 1 aromatic carbocycles. The molecular formula is C13H13BrClN3O3. The number of halogens is 2. The van der Waals surface area contributed by atoms with Crippen molar-refractivity contribution < 1.29 is 14.4 Å². The van der Waals surface area contributed by atoms with E-state index in [0.29, 0.717) is 9.50 Å². The minimum Gasteiger partial charge on any atom is -0.331 e. The zero-order chi connectivity index (χ0) is 15.7. The number of carbonyl (C=O) groups excluding carboxylic acids is 3. The number of nitrogens with zero attached hydrogens (tertiary/aromatic N) is 2. The minimum absolute atomic E-state index is 0.0239. The van der Waals surface area contributed by atoms with Crippen molar-refractivity contribution in [1.29, 1.82) is 0 Å². The van der Waals surface area contributed by atoms with Crippen LogP contribution in [0.1, 0.15) is 16.8 Å². The summed E-state index contributed by atoms with van der Waals surface area (Å²) in [7, 11) is 2.93. The molecule has 0 aromatic heterocycles. The van der Waals surface area contributed by atoms with E-state index in [9.17, 15) is 14.4 Å². The zero-order valence-corrected chi connectivity index (χ0v) is 13.7. The van der Waals surface area contributed by atoms with Crippen LogP contribution < -0.4 is 5.32 Å². The Labute approximate surface area is 135 Å². The molecule has 0 bridgehead atoms. The smallest absolute Gasteiger partial charge is 0.327 e. The van der Waals surface area contributed by atoms with Gasteiger partial charge in [-0.15, -0.1) is 0 Å². The van der Waals surface area contributed by atoms with Crippen LogP contribution in [-0.2, 0) is 4.79 Å². The first-order valence-electron chi connectivity index (χ1n) is 6.10. The van der Waals surface area contributed by atoms with Gasteiger partial charge in [0.25, 0.3) is 5.91 Å². The van der Waals surface area contributed by atoms with Crippen molar-refractivity contribution >= 4 is 45.4 Å². The second-order valence-electron chi connectivity index (χ2n) is 4.66. The third kappa shape index (κ3) is 3.19. The minimum atomic E-state index is -0.691. The highest BCUT2D eigenvalue weighted by atomic mass is 79.9. The third-order valence-corrected chi connectivity index (χ3v) is 4.09. The Bertz CT molecular complexity index is 623. The molecule has 21 heavy (non-hydrogen) atoms. The van der Waals surface area contributed by atoms with Crippen LogP contribution in [0.3, 0.4) is 0 Å². The second kappa shape index (κ2) is 6.03. The normalized spacial score (nSPS) is 19.0. The van der Waals surface area contributed by atoms with Gasteiger partial charge in [-0.1, -0.05) is 27.5 Å². The molecule has 0 spiro atoms. The van der Waals surface area contributed by atoms with Crippen LogP contribution in [-0.4, -0.2) is 47.9 Å². The highest BCUT2D eigenvalue weighted by Crippen LogP contribution is 2.21. The van der Waals surface area contributed by atoms with E-state index < -0.39 is 18.1 Å². The number of imide groups is 1. The molecule has 2 rings (SSSR count). The summed E-state index contributed by atoms with van der Waals surface area (Å²) in [6.45, 7) is 0. The topological polar surface area (TPSA) is 69.7 Å². The van der Waals surface area contributed by atoms with E-state index in [4.69, 9.17) is 11.6 Å². The Morgan fingerprint density at radius 1 is 1.38 bits per heavy atom. The van der Waals surface area contributed by atoms with Gasteiger partial charge in [-0.05, 0) is 18.2 Å². The Balaban J connectivity index is 2.17. The predicted octanol–water partition coefficient (Wildman–Crippen LogP) is 2.07. The van der Waals surface area contributed by atoms with E-state index in [-0.39, 0.29) is 17.9 Å². The van der Waals surface area contributed by atoms with Crippen LogP contribution in [0.25, 0.3) is 0 Å². The van der Waals surface area contributed by atoms with Gasteiger partial charge in [-0.3, -0.25) is 14.5 Å². The predicted molar refractivity (Wildman–Crippen MR) is 81.0 cm³/mol. The van der Waals surface area contributed by atoms with Gasteiger partial charge >= 0.3 is 6.03 Å². The molecule has 0 saturated carbocycles. The summed E-state index contributed by atoms with van der Waals surface area (Å²) in [5.41, 5.74) is 0.276. The van der Waals surface area contributed by atoms with Gasteiger partial charge in [-0.2, -0.15) is 0 Å². The lowest BCUT2D eigenvalue weighted by molar-refractivity contribution is -0.131. The van der Waals surface area contributed by atoms with E-state index in [0.717, 1.165) is 4.90 Å². The molecule has 1 fully saturated rings. The van der Waals surface area contributed by atoms with Gasteiger partial charge in [0.15, 0.2) is 0 Å². The summed E-state index contributed by atoms with van der Waals surface area (Å²) in [6, 6.07) is 4.43. The molecule has 4 amide bonds. The number of urea groups is 1.